The van der Waals surface area contributed by atoms with E-state index < -0.39 is 0 Å². The van der Waals surface area contributed by atoms with E-state index >= 15 is 0 Å². The summed E-state index contributed by atoms with van der Waals surface area (Å²) in [5, 5.41) is 4.51. The van der Waals surface area contributed by atoms with Crippen molar-refractivity contribution in [1.29, 1.82) is 0 Å². The number of nitrogens with one attached hydrogen (secondary N) is 1. The number of hydrogen-bond donors (Lipinski definition) is 1. The molecule has 1 aromatic rings. The third kappa shape index (κ3) is 3.83. The van der Waals surface area contributed by atoms with E-state index in [1.54, 1.807) is 0 Å². The van der Waals surface area contributed by atoms with Gasteiger partial charge in [0.1, 0.15) is 0 Å². The summed E-state index contributed by atoms with van der Waals surface area (Å²) in [4.78, 5) is 0. The normalized spacial score (nSPS) is 12.9. The number of rotatable bonds is 4. The van der Waals surface area contributed by atoms with Crippen molar-refractivity contribution in [3.05, 3.63) is 26.7 Å². The topological polar surface area (TPSA) is 12.0 Å². The van der Waals surface area contributed by atoms with Crippen molar-refractivity contribution in [3.63, 3.8) is 0 Å². The molecule has 0 aromatic heterocycles. The second-order valence-electron chi connectivity index (χ2n) is 4.40. The highest BCUT2D eigenvalue weighted by Crippen LogP contribution is 2.36. The van der Waals surface area contributed by atoms with Crippen LogP contribution in [0, 0.1) is 5.92 Å². The third-order valence-electron chi connectivity index (χ3n) is 2.26. The maximum Gasteiger partial charge on any atom is 0.0835 e. The van der Waals surface area contributed by atoms with Crippen LogP contribution in [0.3, 0.4) is 0 Å². The van der Waals surface area contributed by atoms with Crippen LogP contribution in [-0.2, 0) is 0 Å². The molecule has 0 fully saturated rings. The molecule has 4 heteroatoms. The molecule has 0 heterocycles. The zero-order valence-corrected chi connectivity index (χ0v) is 12.7. The maximum absolute atomic E-state index is 6.15. The molecule has 0 saturated heterocycles. The van der Waals surface area contributed by atoms with Crippen molar-refractivity contribution < 1.29 is 0 Å². The van der Waals surface area contributed by atoms with Crippen molar-refractivity contribution >= 4 is 44.8 Å². The first-order valence-corrected chi connectivity index (χ1v) is 6.86. The first-order valence-electron chi connectivity index (χ1n) is 5.31. The first kappa shape index (κ1) is 14.1. The van der Waals surface area contributed by atoms with Gasteiger partial charge in [-0.1, -0.05) is 37.0 Å². The van der Waals surface area contributed by atoms with Crippen LogP contribution in [0.4, 0.5) is 5.69 Å². The van der Waals surface area contributed by atoms with Crippen molar-refractivity contribution in [2.24, 2.45) is 5.92 Å². The summed E-state index contributed by atoms with van der Waals surface area (Å²) in [7, 11) is 0. The van der Waals surface area contributed by atoms with Crippen LogP contribution in [0.25, 0.3) is 0 Å². The molecule has 0 spiro atoms. The fourth-order valence-electron chi connectivity index (χ4n) is 1.67. The maximum atomic E-state index is 6.15. The van der Waals surface area contributed by atoms with Crippen LogP contribution in [0.15, 0.2) is 16.6 Å². The highest BCUT2D eigenvalue weighted by molar-refractivity contribution is 9.10. The Balaban J connectivity index is 2.78. The molecule has 0 bridgehead atoms. The Hall–Kier alpha value is 0.0800. The van der Waals surface area contributed by atoms with Gasteiger partial charge in [-0.25, -0.2) is 0 Å². The van der Waals surface area contributed by atoms with Crippen molar-refractivity contribution in [1.82, 2.24) is 0 Å². The molecule has 1 unspecified atom stereocenters. The first-order chi connectivity index (χ1) is 7.41. The minimum absolute atomic E-state index is 0.384. The van der Waals surface area contributed by atoms with Crippen LogP contribution in [0.5, 0.6) is 0 Å². The Morgan fingerprint density at radius 2 is 1.81 bits per heavy atom. The van der Waals surface area contributed by atoms with Gasteiger partial charge in [-0.3, -0.25) is 0 Å². The highest BCUT2D eigenvalue weighted by atomic mass is 79.9. The van der Waals surface area contributed by atoms with Gasteiger partial charge in [0.25, 0.3) is 0 Å². The molecule has 90 valence electrons. The highest BCUT2D eigenvalue weighted by Gasteiger charge is 2.11. The summed E-state index contributed by atoms with van der Waals surface area (Å²) in [6.07, 6.45) is 1.10. The zero-order chi connectivity index (χ0) is 12.3. The van der Waals surface area contributed by atoms with Crippen LogP contribution in [-0.4, -0.2) is 6.04 Å². The lowest BCUT2D eigenvalue weighted by atomic mass is 10.1. The molecule has 0 saturated carbocycles. The van der Waals surface area contributed by atoms with Gasteiger partial charge >= 0.3 is 0 Å². The lowest BCUT2D eigenvalue weighted by molar-refractivity contribution is 0.540. The SMILES string of the molecule is CC(C)CC(C)Nc1ccc(Br)c(Cl)c1Cl. The van der Waals surface area contributed by atoms with Crippen LogP contribution in [0.2, 0.25) is 10.0 Å². The second kappa shape index (κ2) is 6.13. The third-order valence-corrected chi connectivity index (χ3v) is 4.03. The van der Waals surface area contributed by atoms with Gasteiger partial charge in [0.15, 0.2) is 0 Å². The van der Waals surface area contributed by atoms with Crippen molar-refractivity contribution in [3.8, 4) is 0 Å². The summed E-state index contributed by atoms with van der Waals surface area (Å²) < 4.78 is 0.821. The Morgan fingerprint density at radius 1 is 1.19 bits per heavy atom. The Kier molecular flexibility index (Phi) is 5.42. The number of benzene rings is 1. The lowest BCUT2D eigenvalue weighted by Gasteiger charge is -2.18. The van der Waals surface area contributed by atoms with E-state index in [2.05, 4.69) is 42.0 Å². The lowest BCUT2D eigenvalue weighted by Crippen LogP contribution is -2.17. The molecule has 16 heavy (non-hydrogen) atoms. The largest absolute Gasteiger partial charge is 0.381 e. The summed E-state index contributed by atoms with van der Waals surface area (Å²) in [6, 6.07) is 4.23. The molecule has 0 aliphatic carbocycles. The quantitative estimate of drug-likeness (QED) is 0.710. The van der Waals surface area contributed by atoms with Gasteiger partial charge in [0, 0.05) is 10.5 Å². The molecular formula is C12H16BrCl2N. The van der Waals surface area contributed by atoms with E-state index in [0.29, 0.717) is 22.0 Å². The summed E-state index contributed by atoms with van der Waals surface area (Å²) in [5.74, 6) is 0.659. The average molecular weight is 325 g/mol. The minimum atomic E-state index is 0.384. The van der Waals surface area contributed by atoms with Gasteiger partial charge in [-0.15, -0.1) is 0 Å². The van der Waals surface area contributed by atoms with Crippen LogP contribution >= 0.6 is 39.1 Å². The van der Waals surface area contributed by atoms with Gasteiger partial charge in [-0.05, 0) is 47.3 Å². The van der Waals surface area contributed by atoms with Crippen molar-refractivity contribution in [2.45, 2.75) is 33.2 Å². The monoisotopic (exact) mass is 323 g/mol. The fourth-order valence-corrected chi connectivity index (χ4v) is 2.50. The number of anilines is 1. The fraction of sp³-hybridized carbons (Fsp3) is 0.500. The van der Waals surface area contributed by atoms with E-state index in [4.69, 9.17) is 23.2 Å². The van der Waals surface area contributed by atoms with Gasteiger partial charge < -0.3 is 5.32 Å². The van der Waals surface area contributed by atoms with Crippen LogP contribution in [0.1, 0.15) is 27.2 Å². The van der Waals surface area contributed by atoms with E-state index in [1.807, 2.05) is 12.1 Å². The average Bonchev–Trinajstić information content (AvgIpc) is 2.18. The summed E-state index contributed by atoms with van der Waals surface area (Å²) in [5.41, 5.74) is 0.892. The van der Waals surface area contributed by atoms with Gasteiger partial charge in [0.05, 0.1) is 15.7 Å². The molecule has 0 aliphatic heterocycles. The second-order valence-corrected chi connectivity index (χ2v) is 6.01. The Bertz CT molecular complexity index is 366. The van der Waals surface area contributed by atoms with Crippen LogP contribution < -0.4 is 5.32 Å². The standard InChI is InChI=1S/C12H16BrCl2N/c1-7(2)6-8(3)16-10-5-4-9(13)11(14)12(10)15/h4-5,7-8,16H,6H2,1-3H3. The predicted molar refractivity (Wildman–Crippen MR) is 76.7 cm³/mol. The van der Waals surface area contributed by atoms with Gasteiger partial charge in [-0.2, -0.15) is 0 Å². The predicted octanol–water partition coefficient (Wildman–Crippen LogP) is 5.60. The molecule has 1 atom stereocenters. The summed E-state index contributed by atoms with van der Waals surface area (Å²) in [6.45, 7) is 6.55. The zero-order valence-electron chi connectivity index (χ0n) is 9.65. The van der Waals surface area contributed by atoms with Gasteiger partial charge in [0.2, 0.25) is 0 Å². The van der Waals surface area contributed by atoms with Crippen molar-refractivity contribution in [2.75, 3.05) is 5.32 Å². The molecule has 1 rings (SSSR count). The van der Waals surface area contributed by atoms with E-state index in [-0.39, 0.29) is 0 Å². The number of halogens is 3. The Labute approximate surface area is 116 Å². The molecule has 1 nitrogen and oxygen atoms in total. The molecular weight excluding hydrogens is 309 g/mol. The van der Waals surface area contributed by atoms with E-state index in [0.717, 1.165) is 16.6 Å². The smallest absolute Gasteiger partial charge is 0.0835 e. The minimum Gasteiger partial charge on any atom is -0.381 e. The van der Waals surface area contributed by atoms with E-state index in [9.17, 15) is 0 Å². The molecule has 1 N–H and O–H groups in total. The molecule has 0 radical (unpaired) electrons. The molecule has 0 amide bonds. The van der Waals surface area contributed by atoms with E-state index in [1.165, 1.54) is 0 Å². The molecule has 0 aliphatic rings. The Morgan fingerprint density at radius 3 is 2.38 bits per heavy atom. The summed E-state index contributed by atoms with van der Waals surface area (Å²) >= 11 is 15.6. The molecule has 1 aromatic carbocycles. The number of hydrogen-bond acceptors (Lipinski definition) is 1.